The molecule has 0 unspecified atom stereocenters. The van der Waals surface area contributed by atoms with Crippen LogP contribution in [0.5, 0.6) is 5.75 Å². The highest BCUT2D eigenvalue weighted by molar-refractivity contribution is 6.31. The number of phenolic OH excluding ortho intramolecular Hbond substituents is 1. The number of hydrazone groups is 1. The number of rotatable bonds is 5. The van der Waals surface area contributed by atoms with Crippen LogP contribution in [0.25, 0.3) is 0 Å². The van der Waals surface area contributed by atoms with E-state index in [2.05, 4.69) is 10.5 Å². The van der Waals surface area contributed by atoms with Crippen molar-refractivity contribution in [2.75, 3.05) is 0 Å². The maximum absolute atomic E-state index is 12.6. The molecule has 0 fully saturated rings. The van der Waals surface area contributed by atoms with Crippen molar-refractivity contribution >= 4 is 23.7 Å². The third-order valence-electron chi connectivity index (χ3n) is 3.81. The van der Waals surface area contributed by atoms with Gasteiger partial charge in [0.1, 0.15) is 11.3 Å². The van der Waals surface area contributed by atoms with E-state index >= 15 is 0 Å². The first kappa shape index (κ1) is 18.4. The number of amides is 1. The Morgan fingerprint density at radius 2 is 1.96 bits per heavy atom. The van der Waals surface area contributed by atoms with Crippen molar-refractivity contribution < 1.29 is 9.90 Å². The highest BCUT2D eigenvalue weighted by Gasteiger charge is 2.12. The number of benzene rings is 2. The number of pyridine rings is 1. The van der Waals surface area contributed by atoms with Gasteiger partial charge in [-0.15, -0.1) is 0 Å². The van der Waals surface area contributed by atoms with Crippen LogP contribution in [0, 0.1) is 0 Å². The molecule has 1 aromatic heterocycles. The van der Waals surface area contributed by atoms with Crippen molar-refractivity contribution in [3.63, 3.8) is 0 Å². The van der Waals surface area contributed by atoms with Crippen molar-refractivity contribution in [3.8, 4) is 5.75 Å². The molecule has 3 rings (SSSR count). The van der Waals surface area contributed by atoms with Gasteiger partial charge in [0.15, 0.2) is 0 Å². The number of aromatic hydroxyl groups is 1. The Balaban J connectivity index is 1.76. The monoisotopic (exact) mass is 381 g/mol. The van der Waals surface area contributed by atoms with Crippen LogP contribution in [0.1, 0.15) is 21.5 Å². The van der Waals surface area contributed by atoms with Gasteiger partial charge in [-0.05, 0) is 41.5 Å². The normalized spacial score (nSPS) is 10.9. The number of aromatic nitrogens is 1. The molecule has 7 heteroatoms. The zero-order valence-corrected chi connectivity index (χ0v) is 14.9. The lowest BCUT2D eigenvalue weighted by molar-refractivity contribution is 0.0953. The summed E-state index contributed by atoms with van der Waals surface area (Å²) in [5.74, 6) is -0.527. The van der Waals surface area contributed by atoms with E-state index < -0.39 is 11.5 Å². The van der Waals surface area contributed by atoms with E-state index in [0.717, 1.165) is 5.56 Å². The summed E-state index contributed by atoms with van der Waals surface area (Å²) in [6.07, 6.45) is 2.97. The number of carbonyl (C=O) groups is 1. The summed E-state index contributed by atoms with van der Waals surface area (Å²) in [4.78, 5) is 24.9. The van der Waals surface area contributed by atoms with Crippen LogP contribution in [0.3, 0.4) is 0 Å². The van der Waals surface area contributed by atoms with Gasteiger partial charge in [0, 0.05) is 11.2 Å². The van der Waals surface area contributed by atoms with E-state index in [1.165, 1.54) is 29.0 Å². The van der Waals surface area contributed by atoms with E-state index in [-0.39, 0.29) is 17.9 Å². The van der Waals surface area contributed by atoms with E-state index in [1.807, 2.05) is 18.2 Å². The van der Waals surface area contributed by atoms with Crippen LogP contribution in [-0.4, -0.2) is 21.8 Å². The van der Waals surface area contributed by atoms with Gasteiger partial charge >= 0.3 is 0 Å². The largest absolute Gasteiger partial charge is 0.508 e. The van der Waals surface area contributed by atoms with Crippen LogP contribution in [0.15, 0.2) is 76.8 Å². The maximum Gasteiger partial charge on any atom is 0.276 e. The summed E-state index contributed by atoms with van der Waals surface area (Å²) < 4.78 is 1.41. The van der Waals surface area contributed by atoms with E-state index in [4.69, 9.17) is 11.6 Å². The third kappa shape index (κ3) is 4.62. The van der Waals surface area contributed by atoms with Crippen LogP contribution in [0.2, 0.25) is 5.02 Å². The summed E-state index contributed by atoms with van der Waals surface area (Å²) in [6, 6.07) is 16.7. The summed E-state index contributed by atoms with van der Waals surface area (Å²) in [7, 11) is 0. The molecule has 136 valence electrons. The molecule has 0 atom stereocenters. The summed E-state index contributed by atoms with van der Waals surface area (Å²) in [5, 5.41) is 13.8. The fourth-order valence-electron chi connectivity index (χ4n) is 2.48. The Kier molecular flexibility index (Phi) is 5.68. The molecule has 0 aliphatic heterocycles. The Labute approximate surface area is 160 Å². The van der Waals surface area contributed by atoms with Crippen LogP contribution < -0.4 is 11.0 Å². The molecular weight excluding hydrogens is 366 g/mol. The Hall–Kier alpha value is -3.38. The van der Waals surface area contributed by atoms with Gasteiger partial charge in [-0.3, -0.25) is 9.59 Å². The number of phenols is 1. The fraction of sp³-hybridized carbons (Fsp3) is 0.0500. The number of hydrogen-bond acceptors (Lipinski definition) is 4. The molecule has 0 aliphatic carbocycles. The summed E-state index contributed by atoms with van der Waals surface area (Å²) >= 11 is 6.14. The number of carbonyl (C=O) groups excluding carboxylic acids is 1. The molecule has 3 aromatic rings. The molecule has 1 amide bonds. The molecule has 27 heavy (non-hydrogen) atoms. The van der Waals surface area contributed by atoms with Crippen LogP contribution in [0.4, 0.5) is 0 Å². The lowest BCUT2D eigenvalue weighted by Gasteiger charge is -2.09. The molecular formula is C20H16ClN3O3. The average molecular weight is 382 g/mol. The van der Waals surface area contributed by atoms with Crippen molar-refractivity contribution in [2.24, 2.45) is 5.10 Å². The van der Waals surface area contributed by atoms with Gasteiger partial charge in [-0.25, -0.2) is 5.43 Å². The number of nitrogens with one attached hydrogen (secondary N) is 1. The minimum atomic E-state index is -0.620. The first-order valence-electron chi connectivity index (χ1n) is 8.10. The predicted octanol–water partition coefficient (Wildman–Crippen LogP) is 3.02. The minimum Gasteiger partial charge on any atom is -0.508 e. The number of hydrogen-bond donors (Lipinski definition) is 2. The van der Waals surface area contributed by atoms with Crippen molar-refractivity contribution in [3.05, 3.63) is 98.9 Å². The number of halogens is 1. The first-order valence-corrected chi connectivity index (χ1v) is 8.47. The van der Waals surface area contributed by atoms with Gasteiger partial charge in [-0.1, -0.05) is 41.9 Å². The first-order chi connectivity index (χ1) is 13.0. The molecule has 2 N–H and O–H groups in total. The second kappa shape index (κ2) is 8.33. The third-order valence-corrected chi connectivity index (χ3v) is 4.18. The highest BCUT2D eigenvalue weighted by Crippen LogP contribution is 2.15. The van der Waals surface area contributed by atoms with E-state index in [0.29, 0.717) is 10.6 Å². The van der Waals surface area contributed by atoms with Crippen LogP contribution in [-0.2, 0) is 6.54 Å². The standard InChI is InChI=1S/C20H16ClN3O3/c21-18-9-2-1-6-15(18)13-24-10-4-8-17(20(24)27)19(26)23-22-12-14-5-3-7-16(25)11-14/h1-12,25H,13H2,(H,23,26)/b22-12-. The second-order valence-electron chi connectivity index (χ2n) is 5.74. The topological polar surface area (TPSA) is 83.7 Å². The molecule has 0 aliphatic rings. The molecule has 0 saturated carbocycles. The highest BCUT2D eigenvalue weighted by atomic mass is 35.5. The Morgan fingerprint density at radius 3 is 2.74 bits per heavy atom. The second-order valence-corrected chi connectivity index (χ2v) is 6.15. The molecule has 6 nitrogen and oxygen atoms in total. The molecule has 0 saturated heterocycles. The maximum atomic E-state index is 12.6. The van der Waals surface area contributed by atoms with Crippen LogP contribution >= 0.6 is 11.6 Å². The van der Waals surface area contributed by atoms with Gasteiger partial charge < -0.3 is 9.67 Å². The quantitative estimate of drug-likeness (QED) is 0.526. The Morgan fingerprint density at radius 1 is 1.15 bits per heavy atom. The van der Waals surface area contributed by atoms with Crippen molar-refractivity contribution in [1.82, 2.24) is 9.99 Å². The molecule has 2 aromatic carbocycles. The van der Waals surface area contributed by atoms with Gasteiger partial charge in [0.05, 0.1) is 12.8 Å². The van der Waals surface area contributed by atoms with E-state index in [1.54, 1.807) is 30.5 Å². The molecule has 1 heterocycles. The SMILES string of the molecule is O=C(N/N=C\c1cccc(O)c1)c1cccn(Cc2ccccc2Cl)c1=O. The van der Waals surface area contributed by atoms with Gasteiger partial charge in [0.25, 0.3) is 11.5 Å². The zero-order valence-electron chi connectivity index (χ0n) is 14.2. The van der Waals surface area contributed by atoms with Crippen molar-refractivity contribution in [2.45, 2.75) is 6.54 Å². The van der Waals surface area contributed by atoms with Crippen molar-refractivity contribution in [1.29, 1.82) is 0 Å². The van der Waals surface area contributed by atoms with Gasteiger partial charge in [-0.2, -0.15) is 5.10 Å². The summed E-state index contributed by atoms with van der Waals surface area (Å²) in [6.45, 7) is 0.256. The predicted molar refractivity (Wildman–Crippen MR) is 104 cm³/mol. The zero-order chi connectivity index (χ0) is 19.2. The molecule has 0 radical (unpaired) electrons. The Bertz CT molecular complexity index is 1060. The lowest BCUT2D eigenvalue weighted by atomic mass is 10.2. The smallest absolute Gasteiger partial charge is 0.276 e. The molecule has 0 bridgehead atoms. The number of nitrogens with zero attached hydrogens (tertiary/aromatic N) is 2. The van der Waals surface area contributed by atoms with E-state index in [9.17, 15) is 14.7 Å². The van der Waals surface area contributed by atoms with Gasteiger partial charge in [0.2, 0.25) is 0 Å². The molecule has 0 spiro atoms. The fourth-order valence-corrected chi connectivity index (χ4v) is 2.67. The summed E-state index contributed by atoms with van der Waals surface area (Å²) in [5.41, 5.74) is 3.24. The average Bonchev–Trinajstić information content (AvgIpc) is 2.65. The minimum absolute atomic E-state index is 0.0300. The lowest BCUT2D eigenvalue weighted by Crippen LogP contribution is -2.30.